The van der Waals surface area contributed by atoms with E-state index in [1.807, 2.05) is 24.3 Å². The van der Waals surface area contributed by atoms with Crippen molar-refractivity contribution in [2.24, 2.45) is 0 Å². The van der Waals surface area contributed by atoms with Crippen LogP contribution >= 0.6 is 11.3 Å². The van der Waals surface area contributed by atoms with Gasteiger partial charge < -0.3 is 10.4 Å². The van der Waals surface area contributed by atoms with E-state index < -0.39 is 0 Å². The highest BCUT2D eigenvalue weighted by Gasteiger charge is 2.11. The van der Waals surface area contributed by atoms with Gasteiger partial charge in [0.1, 0.15) is 5.82 Å². The number of fused-ring (bicyclic) bond motifs is 1. The van der Waals surface area contributed by atoms with Gasteiger partial charge in [-0.05, 0) is 29.5 Å². The predicted molar refractivity (Wildman–Crippen MR) is 84.3 cm³/mol. The van der Waals surface area contributed by atoms with Crippen LogP contribution in [0.4, 0.5) is 5.82 Å². The molecule has 3 nitrogen and oxygen atoms in total. The summed E-state index contributed by atoms with van der Waals surface area (Å²) >= 11 is 1.70. The van der Waals surface area contributed by atoms with Crippen LogP contribution in [0.25, 0.3) is 10.1 Å². The van der Waals surface area contributed by atoms with Gasteiger partial charge in [0, 0.05) is 16.3 Å². The molecule has 0 aliphatic rings. The van der Waals surface area contributed by atoms with E-state index in [-0.39, 0.29) is 12.6 Å². The third-order valence-corrected chi connectivity index (χ3v) is 4.15. The summed E-state index contributed by atoms with van der Waals surface area (Å²) in [5.74, 6) is 0.846. The maximum Gasteiger partial charge on any atom is 0.134 e. The molecule has 20 heavy (non-hydrogen) atoms. The van der Waals surface area contributed by atoms with Crippen LogP contribution in [-0.4, -0.2) is 22.7 Å². The van der Waals surface area contributed by atoms with Crippen molar-refractivity contribution < 1.29 is 5.11 Å². The van der Waals surface area contributed by atoms with Crippen molar-refractivity contribution in [2.75, 3.05) is 11.9 Å². The molecule has 0 bridgehead atoms. The van der Waals surface area contributed by atoms with Gasteiger partial charge in [0.2, 0.25) is 0 Å². The van der Waals surface area contributed by atoms with Crippen molar-refractivity contribution in [1.29, 1.82) is 0 Å². The molecule has 0 radical (unpaired) electrons. The lowest BCUT2D eigenvalue weighted by atomic mass is 10.1. The Morgan fingerprint density at radius 1 is 1.15 bits per heavy atom. The average molecular weight is 284 g/mol. The summed E-state index contributed by atoms with van der Waals surface area (Å²) in [5, 5.41) is 16.1. The number of rotatable bonds is 5. The van der Waals surface area contributed by atoms with Gasteiger partial charge in [-0.15, -0.1) is 11.3 Å². The number of pyridine rings is 1. The van der Waals surface area contributed by atoms with E-state index in [1.165, 1.54) is 10.3 Å². The standard InChI is InChI=1S/C16H16N2OS/c19-11-13(10-12-4-2-1-3-5-12)18-16-14-7-9-20-15(14)6-8-17-16/h1-9,13,19H,10-11H2,(H,17,18). The van der Waals surface area contributed by atoms with Crippen LogP contribution in [-0.2, 0) is 6.42 Å². The van der Waals surface area contributed by atoms with Crippen molar-refractivity contribution in [2.45, 2.75) is 12.5 Å². The second-order valence-corrected chi connectivity index (χ2v) is 5.65. The minimum Gasteiger partial charge on any atom is -0.394 e. The fourth-order valence-electron chi connectivity index (χ4n) is 2.26. The molecule has 4 heteroatoms. The first-order chi connectivity index (χ1) is 9.86. The molecule has 2 N–H and O–H groups in total. The predicted octanol–water partition coefficient (Wildman–Crippen LogP) is 3.31. The Morgan fingerprint density at radius 2 is 2.00 bits per heavy atom. The quantitative estimate of drug-likeness (QED) is 0.755. The van der Waals surface area contributed by atoms with E-state index in [0.717, 1.165) is 17.6 Å². The average Bonchev–Trinajstić information content (AvgIpc) is 2.97. The Bertz CT molecular complexity index is 681. The molecule has 0 aliphatic carbocycles. The van der Waals surface area contributed by atoms with Crippen LogP contribution in [0.15, 0.2) is 54.0 Å². The van der Waals surface area contributed by atoms with Gasteiger partial charge in [-0.25, -0.2) is 4.98 Å². The lowest BCUT2D eigenvalue weighted by Gasteiger charge is -2.17. The van der Waals surface area contributed by atoms with Gasteiger partial charge in [0.25, 0.3) is 0 Å². The van der Waals surface area contributed by atoms with Crippen molar-refractivity contribution in [3.63, 3.8) is 0 Å². The summed E-state index contributed by atoms with van der Waals surface area (Å²) in [7, 11) is 0. The summed E-state index contributed by atoms with van der Waals surface area (Å²) in [4.78, 5) is 4.39. The number of hydrogen-bond donors (Lipinski definition) is 2. The van der Waals surface area contributed by atoms with E-state index in [4.69, 9.17) is 0 Å². The Balaban J connectivity index is 1.79. The third kappa shape index (κ3) is 2.81. The van der Waals surface area contributed by atoms with Crippen molar-refractivity contribution in [3.05, 3.63) is 59.6 Å². The van der Waals surface area contributed by atoms with Gasteiger partial charge in [-0.2, -0.15) is 0 Å². The molecule has 1 atom stereocenters. The number of nitrogens with zero attached hydrogens (tertiary/aromatic N) is 1. The molecule has 102 valence electrons. The number of aliphatic hydroxyl groups excluding tert-OH is 1. The van der Waals surface area contributed by atoms with Crippen LogP contribution in [0.2, 0.25) is 0 Å². The van der Waals surface area contributed by atoms with Crippen molar-refractivity contribution in [3.8, 4) is 0 Å². The van der Waals surface area contributed by atoms with Gasteiger partial charge in [0.15, 0.2) is 0 Å². The molecule has 3 aromatic rings. The van der Waals surface area contributed by atoms with E-state index >= 15 is 0 Å². The molecule has 0 fully saturated rings. The Morgan fingerprint density at radius 3 is 2.80 bits per heavy atom. The zero-order valence-electron chi connectivity index (χ0n) is 11.0. The summed E-state index contributed by atoms with van der Waals surface area (Å²) in [5.41, 5.74) is 1.21. The molecule has 2 aromatic heterocycles. The Kier molecular flexibility index (Phi) is 3.95. The SMILES string of the molecule is OCC(Cc1ccccc1)Nc1nccc2sccc12. The largest absolute Gasteiger partial charge is 0.394 e. The minimum absolute atomic E-state index is 0.0320. The second-order valence-electron chi connectivity index (χ2n) is 4.71. The molecule has 1 unspecified atom stereocenters. The zero-order chi connectivity index (χ0) is 13.8. The number of thiophene rings is 1. The highest BCUT2D eigenvalue weighted by atomic mass is 32.1. The zero-order valence-corrected chi connectivity index (χ0v) is 11.8. The molecule has 2 heterocycles. The second kappa shape index (κ2) is 6.03. The highest BCUT2D eigenvalue weighted by molar-refractivity contribution is 7.17. The van der Waals surface area contributed by atoms with Gasteiger partial charge in [-0.1, -0.05) is 30.3 Å². The molecule has 1 aromatic carbocycles. The fourth-order valence-corrected chi connectivity index (χ4v) is 3.04. The topological polar surface area (TPSA) is 45.1 Å². The molecule has 0 spiro atoms. The summed E-state index contributed by atoms with van der Waals surface area (Å²) in [6.07, 6.45) is 2.58. The number of hydrogen-bond acceptors (Lipinski definition) is 4. The molecule has 3 rings (SSSR count). The van der Waals surface area contributed by atoms with Crippen molar-refractivity contribution in [1.82, 2.24) is 4.98 Å². The van der Waals surface area contributed by atoms with Crippen LogP contribution in [0.1, 0.15) is 5.56 Å². The Hall–Kier alpha value is -1.91. The van der Waals surface area contributed by atoms with Crippen molar-refractivity contribution >= 4 is 27.2 Å². The van der Waals surface area contributed by atoms with E-state index in [2.05, 4.69) is 33.9 Å². The van der Waals surface area contributed by atoms with Crippen LogP contribution in [0.5, 0.6) is 0 Å². The summed E-state index contributed by atoms with van der Waals surface area (Å²) in [6, 6.07) is 14.2. The number of aromatic nitrogens is 1. The monoisotopic (exact) mass is 284 g/mol. The van der Waals surface area contributed by atoms with Crippen LogP contribution in [0, 0.1) is 0 Å². The van der Waals surface area contributed by atoms with Gasteiger partial charge in [-0.3, -0.25) is 0 Å². The molecule has 0 saturated heterocycles. The van der Waals surface area contributed by atoms with E-state index in [0.29, 0.717) is 0 Å². The first-order valence-electron chi connectivity index (χ1n) is 6.60. The number of aliphatic hydroxyl groups is 1. The molecule has 0 amide bonds. The first kappa shape index (κ1) is 13.1. The molecule has 0 aliphatic heterocycles. The van der Waals surface area contributed by atoms with Crippen LogP contribution < -0.4 is 5.32 Å². The summed E-state index contributed by atoms with van der Waals surface area (Å²) < 4.78 is 1.21. The molecular weight excluding hydrogens is 268 g/mol. The van der Waals surface area contributed by atoms with Crippen LogP contribution in [0.3, 0.4) is 0 Å². The van der Waals surface area contributed by atoms with Gasteiger partial charge in [0.05, 0.1) is 12.6 Å². The number of benzene rings is 1. The van der Waals surface area contributed by atoms with E-state index in [9.17, 15) is 5.11 Å². The maximum atomic E-state index is 9.58. The fraction of sp³-hybridized carbons (Fsp3) is 0.188. The van der Waals surface area contributed by atoms with Gasteiger partial charge >= 0.3 is 0 Å². The lowest BCUT2D eigenvalue weighted by Crippen LogP contribution is -2.26. The smallest absolute Gasteiger partial charge is 0.134 e. The lowest BCUT2D eigenvalue weighted by molar-refractivity contribution is 0.273. The maximum absolute atomic E-state index is 9.58. The third-order valence-electron chi connectivity index (χ3n) is 3.27. The molecule has 0 saturated carbocycles. The van der Waals surface area contributed by atoms with E-state index in [1.54, 1.807) is 17.5 Å². The molecular formula is C16H16N2OS. The highest BCUT2D eigenvalue weighted by Crippen LogP contribution is 2.26. The number of anilines is 1. The minimum atomic E-state index is -0.0320. The Labute approximate surface area is 121 Å². The summed E-state index contributed by atoms with van der Waals surface area (Å²) in [6.45, 7) is 0.0805. The normalized spacial score (nSPS) is 12.4. The number of nitrogens with one attached hydrogen (secondary N) is 1. The first-order valence-corrected chi connectivity index (χ1v) is 7.48.